The Bertz CT molecular complexity index is 1090. The quantitative estimate of drug-likeness (QED) is 0.533. The smallest absolute Gasteiger partial charge is 0.422 e. The predicted octanol–water partition coefficient (Wildman–Crippen LogP) is 5.40. The summed E-state index contributed by atoms with van der Waals surface area (Å²) in [5.74, 6) is 0.604. The molecule has 0 saturated carbocycles. The molecule has 0 radical (unpaired) electrons. The Hall–Kier alpha value is -2.58. The second-order valence-corrected chi connectivity index (χ2v) is 7.84. The summed E-state index contributed by atoms with van der Waals surface area (Å²) in [6.07, 6.45) is -3.78. The standard InChI is InChI=1S/C22H21ClF3N3O2/c1-13-9-16(10-14(2)27-13)20-18-5-7-30-8-6-29(18)21(28-20)15-3-4-17(23)19(11-15)31-12-22(24,25)26/h3-4,9-11H,5-8,12H2,1-2H3. The number of pyridine rings is 1. The Morgan fingerprint density at radius 3 is 2.52 bits per heavy atom. The molecular formula is C22H21ClF3N3O2. The van der Waals surface area contributed by atoms with Gasteiger partial charge in [-0.1, -0.05) is 11.6 Å². The van der Waals surface area contributed by atoms with Crippen molar-refractivity contribution < 1.29 is 22.6 Å². The van der Waals surface area contributed by atoms with Crippen molar-refractivity contribution in [2.24, 2.45) is 0 Å². The van der Waals surface area contributed by atoms with Gasteiger partial charge in [0.2, 0.25) is 0 Å². The number of alkyl halides is 3. The maximum Gasteiger partial charge on any atom is 0.422 e. The second kappa shape index (κ2) is 8.51. The zero-order chi connectivity index (χ0) is 22.2. The van der Waals surface area contributed by atoms with Crippen molar-refractivity contribution >= 4 is 11.6 Å². The number of imidazole rings is 1. The van der Waals surface area contributed by atoms with Crippen molar-refractivity contribution in [3.05, 3.63) is 52.4 Å². The predicted molar refractivity (Wildman–Crippen MR) is 111 cm³/mol. The van der Waals surface area contributed by atoms with E-state index < -0.39 is 12.8 Å². The summed E-state index contributed by atoms with van der Waals surface area (Å²) in [6.45, 7) is 4.13. The molecule has 0 unspecified atom stereocenters. The van der Waals surface area contributed by atoms with E-state index in [1.807, 2.05) is 26.0 Å². The van der Waals surface area contributed by atoms with Crippen LogP contribution in [-0.2, 0) is 17.7 Å². The number of ether oxygens (including phenoxy) is 2. The number of aromatic nitrogens is 3. The zero-order valence-corrected chi connectivity index (χ0v) is 17.8. The van der Waals surface area contributed by atoms with E-state index in [-0.39, 0.29) is 10.8 Å². The van der Waals surface area contributed by atoms with Crippen LogP contribution in [0.5, 0.6) is 5.75 Å². The van der Waals surface area contributed by atoms with Crippen molar-refractivity contribution in [1.29, 1.82) is 0 Å². The van der Waals surface area contributed by atoms with Gasteiger partial charge >= 0.3 is 6.18 Å². The molecule has 1 aromatic carbocycles. The van der Waals surface area contributed by atoms with Crippen LogP contribution in [0.4, 0.5) is 13.2 Å². The molecule has 9 heteroatoms. The molecular weight excluding hydrogens is 431 g/mol. The van der Waals surface area contributed by atoms with Crippen molar-refractivity contribution in [3.8, 4) is 28.4 Å². The number of benzene rings is 1. The fraction of sp³-hybridized carbons (Fsp3) is 0.364. The molecule has 3 aromatic rings. The molecule has 0 aliphatic carbocycles. The third-order valence-corrected chi connectivity index (χ3v) is 5.26. The average Bonchev–Trinajstić information content (AvgIpc) is 2.87. The van der Waals surface area contributed by atoms with Gasteiger partial charge in [-0.15, -0.1) is 0 Å². The molecule has 0 amide bonds. The highest BCUT2D eigenvalue weighted by atomic mass is 35.5. The molecule has 0 bridgehead atoms. The van der Waals surface area contributed by atoms with Crippen LogP contribution in [0.15, 0.2) is 30.3 Å². The van der Waals surface area contributed by atoms with Crippen molar-refractivity contribution in [2.75, 3.05) is 19.8 Å². The van der Waals surface area contributed by atoms with Crippen LogP contribution < -0.4 is 4.74 Å². The Kier molecular flexibility index (Phi) is 5.94. The molecule has 5 nitrogen and oxygen atoms in total. The minimum Gasteiger partial charge on any atom is -0.483 e. The van der Waals surface area contributed by atoms with Crippen LogP contribution in [0.1, 0.15) is 17.1 Å². The van der Waals surface area contributed by atoms with E-state index in [9.17, 15) is 13.2 Å². The van der Waals surface area contributed by atoms with Crippen LogP contribution in [0.2, 0.25) is 5.02 Å². The maximum absolute atomic E-state index is 12.6. The van der Waals surface area contributed by atoms with Crippen molar-refractivity contribution in [3.63, 3.8) is 0 Å². The van der Waals surface area contributed by atoms with Gasteiger partial charge in [0.15, 0.2) is 6.61 Å². The van der Waals surface area contributed by atoms with Crippen LogP contribution >= 0.6 is 11.6 Å². The van der Waals surface area contributed by atoms with Gasteiger partial charge in [-0.2, -0.15) is 13.2 Å². The maximum atomic E-state index is 12.6. The first kappa shape index (κ1) is 21.6. The van der Waals surface area contributed by atoms with Crippen LogP contribution in [0.25, 0.3) is 22.6 Å². The molecule has 0 fully saturated rings. The molecule has 164 valence electrons. The van der Waals surface area contributed by atoms with E-state index in [4.69, 9.17) is 26.1 Å². The molecule has 31 heavy (non-hydrogen) atoms. The fourth-order valence-electron chi connectivity index (χ4n) is 3.74. The van der Waals surface area contributed by atoms with Crippen LogP contribution in [0, 0.1) is 13.8 Å². The molecule has 4 rings (SSSR count). The fourth-order valence-corrected chi connectivity index (χ4v) is 3.91. The Balaban J connectivity index is 1.81. The number of rotatable bonds is 4. The van der Waals surface area contributed by atoms with Gasteiger partial charge < -0.3 is 14.0 Å². The lowest BCUT2D eigenvalue weighted by Gasteiger charge is -2.13. The zero-order valence-electron chi connectivity index (χ0n) is 17.1. The van der Waals surface area contributed by atoms with E-state index >= 15 is 0 Å². The summed E-state index contributed by atoms with van der Waals surface area (Å²) in [5, 5.41) is 0.111. The highest BCUT2D eigenvalue weighted by molar-refractivity contribution is 6.32. The summed E-state index contributed by atoms with van der Waals surface area (Å²) in [4.78, 5) is 9.33. The van der Waals surface area contributed by atoms with Crippen molar-refractivity contribution in [2.45, 2.75) is 33.0 Å². The molecule has 2 aromatic heterocycles. The van der Waals surface area contributed by atoms with E-state index in [1.165, 1.54) is 12.1 Å². The third kappa shape index (κ3) is 4.85. The normalized spacial score (nSPS) is 14.3. The van der Waals surface area contributed by atoms with E-state index in [0.29, 0.717) is 37.6 Å². The van der Waals surface area contributed by atoms with Gasteiger partial charge in [-0.05, 0) is 44.2 Å². The monoisotopic (exact) mass is 451 g/mol. The van der Waals surface area contributed by atoms with Gasteiger partial charge in [-0.25, -0.2) is 4.98 Å². The lowest BCUT2D eigenvalue weighted by Crippen LogP contribution is -2.19. The van der Waals surface area contributed by atoms with Gasteiger partial charge in [0.1, 0.15) is 11.6 Å². The molecule has 0 saturated heterocycles. The Labute approximate surface area is 182 Å². The summed E-state index contributed by atoms with van der Waals surface area (Å²) >= 11 is 6.07. The first-order chi connectivity index (χ1) is 14.7. The summed E-state index contributed by atoms with van der Waals surface area (Å²) < 4.78 is 50.5. The molecule has 0 atom stereocenters. The van der Waals surface area contributed by atoms with Crippen molar-refractivity contribution in [1.82, 2.24) is 14.5 Å². The highest BCUT2D eigenvalue weighted by Gasteiger charge is 2.29. The number of hydrogen-bond acceptors (Lipinski definition) is 4. The first-order valence-electron chi connectivity index (χ1n) is 9.83. The van der Waals surface area contributed by atoms with Crippen LogP contribution in [-0.4, -0.2) is 40.5 Å². The molecule has 3 heterocycles. The van der Waals surface area contributed by atoms with Gasteiger partial charge in [0, 0.05) is 41.2 Å². The first-order valence-corrected chi connectivity index (χ1v) is 10.2. The number of halogens is 4. The lowest BCUT2D eigenvalue weighted by molar-refractivity contribution is -0.153. The summed E-state index contributed by atoms with van der Waals surface area (Å²) in [5.41, 5.74) is 5.19. The third-order valence-electron chi connectivity index (χ3n) is 4.95. The van der Waals surface area contributed by atoms with E-state index in [2.05, 4.69) is 9.55 Å². The van der Waals surface area contributed by atoms with Gasteiger partial charge in [0.05, 0.1) is 23.9 Å². The lowest BCUT2D eigenvalue weighted by atomic mass is 10.1. The second-order valence-electron chi connectivity index (χ2n) is 7.43. The number of aryl methyl sites for hydroxylation is 2. The Morgan fingerprint density at radius 1 is 1.06 bits per heavy atom. The molecule has 1 aliphatic heterocycles. The average molecular weight is 452 g/mol. The minimum absolute atomic E-state index is 0.0316. The topological polar surface area (TPSA) is 49.2 Å². The highest BCUT2D eigenvalue weighted by Crippen LogP contribution is 2.35. The molecule has 0 spiro atoms. The SMILES string of the molecule is Cc1cc(-c2nc(-c3ccc(Cl)c(OCC(F)(F)F)c3)n3c2CCOCC3)cc(C)n1. The van der Waals surface area contributed by atoms with Crippen LogP contribution in [0.3, 0.4) is 0 Å². The summed E-state index contributed by atoms with van der Waals surface area (Å²) in [6, 6.07) is 8.72. The molecule has 0 N–H and O–H groups in total. The number of fused-ring (bicyclic) bond motifs is 1. The van der Waals surface area contributed by atoms with E-state index in [1.54, 1.807) is 6.07 Å². The number of nitrogens with zero attached hydrogens (tertiary/aromatic N) is 3. The van der Waals surface area contributed by atoms with Gasteiger partial charge in [0.25, 0.3) is 0 Å². The van der Waals surface area contributed by atoms with E-state index in [0.717, 1.165) is 28.3 Å². The minimum atomic E-state index is -4.45. The summed E-state index contributed by atoms with van der Waals surface area (Å²) in [7, 11) is 0. The number of hydrogen-bond donors (Lipinski definition) is 0. The largest absolute Gasteiger partial charge is 0.483 e. The molecule has 1 aliphatic rings. The Morgan fingerprint density at radius 2 is 1.81 bits per heavy atom. The van der Waals surface area contributed by atoms with Gasteiger partial charge in [-0.3, -0.25) is 4.98 Å².